The third-order valence-electron chi connectivity index (χ3n) is 5.45. The number of halogens is 1. The van der Waals surface area contributed by atoms with E-state index in [1.165, 1.54) is 17.2 Å². The second-order valence-electron chi connectivity index (χ2n) is 7.67. The van der Waals surface area contributed by atoms with Crippen LogP contribution in [0.1, 0.15) is 25.0 Å². The number of nitrogens with one attached hydrogen (secondary N) is 1. The number of fused-ring (bicyclic) bond motifs is 1. The topological polar surface area (TPSA) is 50.2 Å². The third-order valence-corrected chi connectivity index (χ3v) is 5.45. The quantitative estimate of drug-likeness (QED) is 0.357. The highest BCUT2D eigenvalue weighted by atomic mass is 19.1. The maximum Gasteiger partial charge on any atom is 0.135 e. The van der Waals surface area contributed by atoms with Crippen LogP contribution in [0.3, 0.4) is 0 Å². The molecule has 2 heterocycles. The lowest BCUT2D eigenvalue weighted by Crippen LogP contribution is -2.02. The van der Waals surface area contributed by atoms with Gasteiger partial charge in [0, 0.05) is 42.6 Å². The van der Waals surface area contributed by atoms with E-state index < -0.39 is 0 Å². The van der Waals surface area contributed by atoms with Crippen molar-refractivity contribution in [2.45, 2.75) is 20.4 Å². The molecule has 2 aromatic carbocycles. The molecule has 0 fully saturated rings. The van der Waals surface area contributed by atoms with Crippen LogP contribution in [0.5, 0.6) is 0 Å². The molecule has 1 N–H and O–H groups in total. The minimum Gasteiger partial charge on any atom is -0.365 e. The zero-order valence-corrected chi connectivity index (χ0v) is 18.4. The van der Waals surface area contributed by atoms with Crippen molar-refractivity contribution in [2.24, 2.45) is 4.99 Å². The first-order chi connectivity index (χ1) is 15.5. The number of nitrogens with zero attached hydrogens (tertiary/aromatic N) is 3. The molecule has 32 heavy (non-hydrogen) atoms. The second kappa shape index (κ2) is 9.52. The van der Waals surface area contributed by atoms with Crippen molar-refractivity contribution < 1.29 is 4.39 Å². The summed E-state index contributed by atoms with van der Waals surface area (Å²) in [6.45, 7) is 4.72. The normalized spacial score (nSPS) is 12.2. The Morgan fingerprint density at radius 1 is 1.03 bits per heavy atom. The highest BCUT2D eigenvalue weighted by Gasteiger charge is 2.09. The van der Waals surface area contributed by atoms with Gasteiger partial charge in [0.25, 0.3) is 0 Å². The summed E-state index contributed by atoms with van der Waals surface area (Å²) in [4.78, 5) is 13.1. The van der Waals surface area contributed by atoms with Gasteiger partial charge < -0.3 is 5.32 Å². The average Bonchev–Trinajstić information content (AvgIpc) is 2.82. The molecule has 0 bridgehead atoms. The lowest BCUT2D eigenvalue weighted by atomic mass is 10.0. The zero-order valence-electron chi connectivity index (χ0n) is 18.4. The van der Waals surface area contributed by atoms with E-state index in [0.29, 0.717) is 17.8 Å². The van der Waals surface area contributed by atoms with E-state index in [1.54, 1.807) is 31.6 Å². The first-order valence-corrected chi connectivity index (χ1v) is 10.5. The molecule has 0 amide bonds. The lowest BCUT2D eigenvalue weighted by Gasteiger charge is -2.11. The molecule has 0 saturated heterocycles. The van der Waals surface area contributed by atoms with Gasteiger partial charge in [-0.1, -0.05) is 36.4 Å². The van der Waals surface area contributed by atoms with E-state index in [4.69, 9.17) is 0 Å². The maximum atomic E-state index is 14.1. The summed E-state index contributed by atoms with van der Waals surface area (Å²) in [5.74, 6) is 0.474. The highest BCUT2D eigenvalue weighted by molar-refractivity contribution is 5.98. The van der Waals surface area contributed by atoms with Crippen LogP contribution < -0.4 is 5.32 Å². The number of allylic oxidation sites excluding steroid dienone is 2. The molecular formula is C27H25FN4. The average molecular weight is 425 g/mol. The molecule has 0 aliphatic rings. The molecule has 2 aromatic heterocycles. The molecule has 0 spiro atoms. The van der Waals surface area contributed by atoms with Crippen LogP contribution in [0.25, 0.3) is 27.6 Å². The van der Waals surface area contributed by atoms with E-state index in [1.807, 2.05) is 25.1 Å². The van der Waals surface area contributed by atoms with Crippen molar-refractivity contribution in [1.82, 2.24) is 9.97 Å². The Morgan fingerprint density at radius 2 is 1.81 bits per heavy atom. The van der Waals surface area contributed by atoms with Crippen molar-refractivity contribution in [3.63, 3.8) is 0 Å². The summed E-state index contributed by atoms with van der Waals surface area (Å²) in [6, 6.07) is 18.9. The Kier molecular flexibility index (Phi) is 6.36. The molecule has 0 unspecified atom stereocenters. The summed E-state index contributed by atoms with van der Waals surface area (Å²) < 4.78 is 14.1. The van der Waals surface area contributed by atoms with Gasteiger partial charge in [0.1, 0.15) is 11.6 Å². The Morgan fingerprint density at radius 3 is 2.56 bits per heavy atom. The number of aliphatic imine (C=N–C) groups is 1. The molecule has 0 aliphatic heterocycles. The first-order valence-electron chi connectivity index (χ1n) is 10.5. The first kappa shape index (κ1) is 21.4. The van der Waals surface area contributed by atoms with Crippen molar-refractivity contribution in [3.8, 4) is 11.3 Å². The SMILES string of the molecule is C/N=C(C)\C=C(/C)c1ccc(CNc2nccc3cc(-c4ccccc4F)ncc23)cc1. The number of pyridine rings is 2. The van der Waals surface area contributed by atoms with Crippen molar-refractivity contribution >= 4 is 27.9 Å². The van der Waals surface area contributed by atoms with Crippen LogP contribution in [0, 0.1) is 5.82 Å². The largest absolute Gasteiger partial charge is 0.365 e. The fraction of sp³-hybridized carbons (Fsp3) is 0.148. The molecule has 160 valence electrons. The second-order valence-corrected chi connectivity index (χ2v) is 7.67. The van der Waals surface area contributed by atoms with Crippen molar-refractivity contribution in [1.29, 1.82) is 0 Å². The van der Waals surface area contributed by atoms with Crippen molar-refractivity contribution in [3.05, 3.63) is 96.1 Å². The molecule has 0 saturated carbocycles. The Hall–Kier alpha value is -3.86. The van der Waals surface area contributed by atoms with E-state index >= 15 is 0 Å². The van der Waals surface area contributed by atoms with Gasteiger partial charge in [-0.25, -0.2) is 9.37 Å². The molecule has 0 atom stereocenters. The monoisotopic (exact) mass is 424 g/mol. The van der Waals surface area contributed by atoms with Gasteiger partial charge in [0.2, 0.25) is 0 Å². The predicted molar refractivity (Wildman–Crippen MR) is 131 cm³/mol. The summed E-state index contributed by atoms with van der Waals surface area (Å²) in [5, 5.41) is 5.26. The summed E-state index contributed by atoms with van der Waals surface area (Å²) in [6.07, 6.45) is 5.59. The van der Waals surface area contributed by atoms with Gasteiger partial charge in [0.05, 0.1) is 5.69 Å². The van der Waals surface area contributed by atoms with Gasteiger partial charge in [-0.3, -0.25) is 9.98 Å². The van der Waals surface area contributed by atoms with Crippen molar-refractivity contribution in [2.75, 3.05) is 12.4 Å². The zero-order chi connectivity index (χ0) is 22.5. The van der Waals surface area contributed by atoms with Gasteiger partial charge in [0.15, 0.2) is 0 Å². The van der Waals surface area contributed by atoms with Crippen LogP contribution >= 0.6 is 0 Å². The maximum absolute atomic E-state index is 14.1. The minimum absolute atomic E-state index is 0.280. The summed E-state index contributed by atoms with van der Waals surface area (Å²) >= 11 is 0. The van der Waals surface area contributed by atoms with Crippen LogP contribution in [0.2, 0.25) is 0 Å². The standard InChI is InChI=1S/C27H25FN4/c1-18(14-19(2)29-3)21-10-8-20(9-11-21)16-32-27-24-17-31-26(15-22(24)12-13-30-27)23-6-4-5-7-25(23)28/h4-15,17H,16H2,1-3H3,(H,30,32)/b18-14+,29-19-. The molecule has 4 nitrogen and oxygen atoms in total. The molecule has 0 aliphatic carbocycles. The van der Waals surface area contributed by atoms with E-state index in [-0.39, 0.29) is 5.82 Å². The number of aromatic nitrogens is 2. The molecule has 5 heteroatoms. The van der Waals surface area contributed by atoms with Gasteiger partial charge in [-0.2, -0.15) is 0 Å². The Labute approximate surface area is 187 Å². The molecular weight excluding hydrogens is 399 g/mol. The smallest absolute Gasteiger partial charge is 0.135 e. The Bertz CT molecular complexity index is 1310. The third kappa shape index (κ3) is 4.72. The molecule has 0 radical (unpaired) electrons. The van der Waals surface area contributed by atoms with Gasteiger partial charge >= 0.3 is 0 Å². The number of anilines is 1. The van der Waals surface area contributed by atoms with E-state index in [9.17, 15) is 4.39 Å². The van der Waals surface area contributed by atoms with Gasteiger partial charge in [-0.15, -0.1) is 0 Å². The van der Waals surface area contributed by atoms with Crippen LogP contribution in [0.4, 0.5) is 10.2 Å². The lowest BCUT2D eigenvalue weighted by molar-refractivity contribution is 0.631. The predicted octanol–water partition coefficient (Wildman–Crippen LogP) is 6.54. The summed E-state index contributed by atoms with van der Waals surface area (Å²) in [5.41, 5.74) is 5.60. The molecule has 4 aromatic rings. The highest BCUT2D eigenvalue weighted by Crippen LogP contribution is 2.27. The number of hydrogen-bond acceptors (Lipinski definition) is 4. The number of rotatable bonds is 6. The van der Waals surface area contributed by atoms with E-state index in [2.05, 4.69) is 57.5 Å². The number of hydrogen-bond donors (Lipinski definition) is 1. The fourth-order valence-corrected chi connectivity index (χ4v) is 3.56. The Balaban J connectivity index is 1.52. The number of benzene rings is 2. The van der Waals surface area contributed by atoms with E-state index in [0.717, 1.165) is 27.9 Å². The van der Waals surface area contributed by atoms with Gasteiger partial charge in [-0.05, 0) is 66.3 Å². The van der Waals surface area contributed by atoms with Crippen LogP contribution in [-0.2, 0) is 6.54 Å². The van der Waals surface area contributed by atoms with Crippen LogP contribution in [0.15, 0.2) is 84.1 Å². The minimum atomic E-state index is -0.280. The summed E-state index contributed by atoms with van der Waals surface area (Å²) in [7, 11) is 1.80. The fourth-order valence-electron chi connectivity index (χ4n) is 3.56. The molecule has 4 rings (SSSR count). The van der Waals surface area contributed by atoms with Crippen LogP contribution in [-0.4, -0.2) is 22.7 Å².